The highest BCUT2D eigenvalue weighted by atomic mass is 35.5. The molecule has 1 N–H and O–H groups in total. The summed E-state index contributed by atoms with van der Waals surface area (Å²) >= 11 is 6.03. The molecule has 0 aromatic carbocycles. The van der Waals surface area contributed by atoms with Gasteiger partial charge in [-0.05, 0) is 25.7 Å². The van der Waals surface area contributed by atoms with Crippen molar-refractivity contribution in [2.24, 2.45) is 5.92 Å². The zero-order valence-electron chi connectivity index (χ0n) is 10.5. The number of hydrogen-bond donors (Lipinski definition) is 1. The third-order valence-electron chi connectivity index (χ3n) is 3.69. The van der Waals surface area contributed by atoms with Crippen molar-refractivity contribution in [2.45, 2.75) is 51.7 Å². The number of halogens is 1. The molecular weight excluding hydrogens is 234 g/mol. The van der Waals surface area contributed by atoms with Crippen molar-refractivity contribution in [3.8, 4) is 0 Å². The second-order valence-electron chi connectivity index (χ2n) is 4.89. The Bertz CT molecular complexity index is 337. The fourth-order valence-electron chi connectivity index (χ4n) is 2.58. The van der Waals surface area contributed by atoms with E-state index in [1.807, 2.05) is 10.9 Å². The number of nitrogens with one attached hydrogen (secondary N) is 1. The van der Waals surface area contributed by atoms with Crippen molar-refractivity contribution in [2.75, 3.05) is 5.88 Å². The molecule has 1 aromatic heterocycles. The first-order valence-electron chi connectivity index (χ1n) is 6.64. The van der Waals surface area contributed by atoms with Crippen LogP contribution in [0.1, 0.15) is 38.2 Å². The van der Waals surface area contributed by atoms with E-state index in [4.69, 9.17) is 11.6 Å². The molecule has 2 atom stereocenters. The maximum absolute atomic E-state index is 6.03. The Labute approximate surface area is 109 Å². The largest absolute Gasteiger partial charge is 0.309 e. The zero-order chi connectivity index (χ0) is 12.1. The van der Waals surface area contributed by atoms with Crippen LogP contribution >= 0.6 is 11.6 Å². The predicted octanol–water partition coefficient (Wildman–Crippen LogP) is 2.79. The standard InChI is InChI=1S/C13H22ClN3/c1-2-17-10-11(9-16-17)8-15-13-6-4-3-5-12(13)7-14/h9-10,12-13,15H,2-8H2,1H3. The Morgan fingerprint density at radius 3 is 3.00 bits per heavy atom. The fraction of sp³-hybridized carbons (Fsp3) is 0.769. The lowest BCUT2D eigenvalue weighted by Gasteiger charge is -2.30. The first kappa shape index (κ1) is 12.9. The van der Waals surface area contributed by atoms with Crippen LogP contribution < -0.4 is 5.32 Å². The summed E-state index contributed by atoms with van der Waals surface area (Å²) in [7, 11) is 0. The van der Waals surface area contributed by atoms with Gasteiger partial charge in [-0.15, -0.1) is 11.6 Å². The van der Waals surface area contributed by atoms with Crippen LogP contribution in [0.25, 0.3) is 0 Å². The minimum absolute atomic E-state index is 0.589. The molecule has 3 nitrogen and oxygen atoms in total. The van der Waals surface area contributed by atoms with Crippen molar-refractivity contribution in [3.05, 3.63) is 18.0 Å². The maximum atomic E-state index is 6.03. The highest BCUT2D eigenvalue weighted by molar-refractivity contribution is 6.18. The summed E-state index contributed by atoms with van der Waals surface area (Å²) in [6.45, 7) is 3.96. The minimum Gasteiger partial charge on any atom is -0.309 e. The SMILES string of the molecule is CCn1cc(CNC2CCCCC2CCl)cn1. The molecule has 0 spiro atoms. The van der Waals surface area contributed by atoms with Gasteiger partial charge in [-0.2, -0.15) is 5.10 Å². The summed E-state index contributed by atoms with van der Waals surface area (Å²) < 4.78 is 1.97. The van der Waals surface area contributed by atoms with Crippen molar-refractivity contribution in [1.29, 1.82) is 0 Å². The van der Waals surface area contributed by atoms with Crippen LogP contribution in [0, 0.1) is 5.92 Å². The molecule has 1 aliphatic carbocycles. The second kappa shape index (κ2) is 6.41. The van der Waals surface area contributed by atoms with E-state index >= 15 is 0 Å². The van der Waals surface area contributed by atoms with Gasteiger partial charge >= 0.3 is 0 Å². The molecule has 0 bridgehead atoms. The molecule has 1 fully saturated rings. The first-order chi connectivity index (χ1) is 8.33. The summed E-state index contributed by atoms with van der Waals surface area (Å²) in [5, 5.41) is 7.93. The van der Waals surface area contributed by atoms with E-state index < -0.39 is 0 Å². The molecule has 17 heavy (non-hydrogen) atoms. The average Bonchev–Trinajstić information content (AvgIpc) is 2.84. The van der Waals surface area contributed by atoms with Gasteiger partial charge in [-0.3, -0.25) is 4.68 Å². The molecule has 0 radical (unpaired) electrons. The third kappa shape index (κ3) is 3.46. The quantitative estimate of drug-likeness (QED) is 0.820. The van der Waals surface area contributed by atoms with Gasteiger partial charge in [0.15, 0.2) is 0 Å². The van der Waals surface area contributed by atoms with Crippen LogP contribution in [0.2, 0.25) is 0 Å². The Balaban J connectivity index is 1.83. The van der Waals surface area contributed by atoms with E-state index in [1.165, 1.54) is 31.2 Å². The average molecular weight is 256 g/mol. The highest BCUT2D eigenvalue weighted by Gasteiger charge is 2.23. The third-order valence-corrected chi connectivity index (χ3v) is 4.08. The number of nitrogens with zero attached hydrogens (tertiary/aromatic N) is 2. The van der Waals surface area contributed by atoms with Gasteiger partial charge in [0.25, 0.3) is 0 Å². The number of alkyl halides is 1. The summed E-state index contributed by atoms with van der Waals surface area (Å²) in [5.74, 6) is 1.43. The minimum atomic E-state index is 0.589. The van der Waals surface area contributed by atoms with Crippen LogP contribution in [-0.4, -0.2) is 21.7 Å². The predicted molar refractivity (Wildman–Crippen MR) is 71.2 cm³/mol. The Hall–Kier alpha value is -0.540. The Kier molecular flexibility index (Phi) is 4.86. The van der Waals surface area contributed by atoms with E-state index in [0.29, 0.717) is 12.0 Å². The molecule has 1 aromatic rings. The molecule has 1 heterocycles. The van der Waals surface area contributed by atoms with E-state index in [2.05, 4.69) is 23.5 Å². The second-order valence-corrected chi connectivity index (χ2v) is 5.20. The van der Waals surface area contributed by atoms with Crippen LogP contribution in [0.4, 0.5) is 0 Å². The van der Waals surface area contributed by atoms with Gasteiger partial charge in [0.05, 0.1) is 6.20 Å². The van der Waals surface area contributed by atoms with Gasteiger partial charge in [0.2, 0.25) is 0 Å². The summed E-state index contributed by atoms with van der Waals surface area (Å²) in [6.07, 6.45) is 9.28. The highest BCUT2D eigenvalue weighted by Crippen LogP contribution is 2.25. The lowest BCUT2D eigenvalue weighted by molar-refractivity contribution is 0.282. The number of hydrogen-bond acceptors (Lipinski definition) is 2. The van der Waals surface area contributed by atoms with Gasteiger partial charge in [0, 0.05) is 36.8 Å². The first-order valence-corrected chi connectivity index (χ1v) is 7.17. The topological polar surface area (TPSA) is 29.9 Å². The fourth-order valence-corrected chi connectivity index (χ4v) is 2.95. The molecule has 0 aliphatic heterocycles. The lowest BCUT2D eigenvalue weighted by Crippen LogP contribution is -2.38. The van der Waals surface area contributed by atoms with E-state index in [-0.39, 0.29) is 0 Å². The normalized spacial score (nSPS) is 25.1. The van der Waals surface area contributed by atoms with Crippen LogP contribution in [0.15, 0.2) is 12.4 Å². The van der Waals surface area contributed by atoms with Crippen molar-refractivity contribution < 1.29 is 0 Å². The summed E-state index contributed by atoms with van der Waals surface area (Å²) in [5.41, 5.74) is 1.27. The molecule has 0 saturated heterocycles. The van der Waals surface area contributed by atoms with Crippen LogP contribution in [0.3, 0.4) is 0 Å². The van der Waals surface area contributed by atoms with Crippen molar-refractivity contribution >= 4 is 11.6 Å². The molecule has 1 aliphatic rings. The van der Waals surface area contributed by atoms with Gasteiger partial charge in [-0.1, -0.05) is 12.8 Å². The van der Waals surface area contributed by atoms with Gasteiger partial charge in [-0.25, -0.2) is 0 Å². The Morgan fingerprint density at radius 2 is 2.29 bits per heavy atom. The van der Waals surface area contributed by atoms with Crippen molar-refractivity contribution in [1.82, 2.24) is 15.1 Å². The molecule has 2 rings (SSSR count). The monoisotopic (exact) mass is 255 g/mol. The smallest absolute Gasteiger partial charge is 0.0534 e. The van der Waals surface area contributed by atoms with Crippen molar-refractivity contribution in [3.63, 3.8) is 0 Å². The molecular formula is C13H22ClN3. The molecule has 96 valence electrons. The molecule has 4 heteroatoms. The van der Waals surface area contributed by atoms with E-state index in [0.717, 1.165) is 19.0 Å². The Morgan fingerprint density at radius 1 is 1.47 bits per heavy atom. The number of aryl methyl sites for hydroxylation is 1. The number of rotatable bonds is 5. The lowest BCUT2D eigenvalue weighted by atomic mass is 9.86. The van der Waals surface area contributed by atoms with Gasteiger partial charge in [0.1, 0.15) is 0 Å². The molecule has 1 saturated carbocycles. The van der Waals surface area contributed by atoms with Crippen LogP contribution in [0.5, 0.6) is 0 Å². The van der Waals surface area contributed by atoms with Crippen LogP contribution in [-0.2, 0) is 13.1 Å². The maximum Gasteiger partial charge on any atom is 0.0534 e. The summed E-state index contributed by atoms with van der Waals surface area (Å²) in [6, 6.07) is 0.589. The molecule has 2 unspecified atom stereocenters. The zero-order valence-corrected chi connectivity index (χ0v) is 11.3. The molecule has 0 amide bonds. The van der Waals surface area contributed by atoms with E-state index in [9.17, 15) is 0 Å². The summed E-state index contributed by atoms with van der Waals surface area (Å²) in [4.78, 5) is 0. The number of aromatic nitrogens is 2. The van der Waals surface area contributed by atoms with Gasteiger partial charge < -0.3 is 5.32 Å². The van der Waals surface area contributed by atoms with E-state index in [1.54, 1.807) is 0 Å².